The molecule has 0 bridgehead atoms. The Bertz CT molecular complexity index is 2820. The quantitative estimate of drug-likeness (QED) is 0.0882. The van der Waals surface area contributed by atoms with E-state index in [0.717, 1.165) is 48.8 Å². The van der Waals surface area contributed by atoms with E-state index in [1.807, 2.05) is 122 Å². The highest BCUT2D eigenvalue weighted by Gasteiger charge is 2.28. The van der Waals surface area contributed by atoms with Gasteiger partial charge in [0.15, 0.2) is 0 Å². The Morgan fingerprint density at radius 1 is 0.587 bits per heavy atom. The molecule has 0 heterocycles. The van der Waals surface area contributed by atoms with E-state index in [0.29, 0.717) is 11.3 Å². The fourth-order valence-corrected chi connectivity index (χ4v) is 8.11. The molecule has 0 aliphatic heterocycles. The summed E-state index contributed by atoms with van der Waals surface area (Å²) in [5.74, 6) is -1.42. The largest absolute Gasteiger partial charge is 0.488 e. The molecule has 0 spiro atoms. The third-order valence-corrected chi connectivity index (χ3v) is 12.3. The number of methoxy groups -OCH3 is 1. The van der Waals surface area contributed by atoms with Gasteiger partial charge in [0.05, 0.1) is 30.7 Å². The van der Waals surface area contributed by atoms with Crippen LogP contribution in [0, 0.1) is 6.92 Å². The molecule has 0 atom stereocenters. The summed E-state index contributed by atoms with van der Waals surface area (Å²) in [7, 11) is -1.35. The third-order valence-electron chi connectivity index (χ3n) is 10.4. The molecule has 63 heavy (non-hydrogen) atoms. The molecule has 11 heteroatoms. The van der Waals surface area contributed by atoms with Crippen molar-refractivity contribution in [1.82, 2.24) is 4.31 Å². The van der Waals surface area contributed by atoms with Gasteiger partial charge in [-0.25, -0.2) is 18.0 Å². The van der Waals surface area contributed by atoms with Gasteiger partial charge in [-0.1, -0.05) is 133 Å². The number of aryl methyl sites for hydroxylation is 1. The topological polar surface area (TPSA) is 120 Å². The van der Waals surface area contributed by atoms with E-state index >= 15 is 0 Å². The molecular weight excluding hydrogens is 813 g/mol. The molecular formula is C52H46N2O8S. The molecule has 10 nitrogen and oxygen atoms in total. The second-order valence-corrected chi connectivity index (χ2v) is 16.9. The molecule has 0 N–H and O–H groups in total. The molecule has 0 aromatic heterocycles. The summed E-state index contributed by atoms with van der Waals surface area (Å²) in [5, 5.41) is 0. The van der Waals surface area contributed by atoms with E-state index in [-0.39, 0.29) is 36.0 Å². The second kappa shape index (κ2) is 20.0. The second-order valence-electron chi connectivity index (χ2n) is 14.9. The van der Waals surface area contributed by atoms with Gasteiger partial charge in [0.2, 0.25) is 15.9 Å². The molecule has 0 fully saturated rings. The van der Waals surface area contributed by atoms with Crippen molar-refractivity contribution in [2.45, 2.75) is 31.6 Å². The number of rotatable bonds is 16. The van der Waals surface area contributed by atoms with Crippen LogP contribution in [0.5, 0.6) is 5.75 Å². The number of sulfonamides is 1. The van der Waals surface area contributed by atoms with E-state index in [4.69, 9.17) is 14.2 Å². The van der Waals surface area contributed by atoms with Crippen LogP contribution in [0.15, 0.2) is 181 Å². The fraction of sp³-hybridized carbons (Fsp3) is 0.135. The van der Waals surface area contributed by atoms with Crippen molar-refractivity contribution in [1.29, 1.82) is 0 Å². The fourth-order valence-electron chi connectivity index (χ4n) is 6.99. The zero-order valence-electron chi connectivity index (χ0n) is 35.1. The van der Waals surface area contributed by atoms with E-state index in [9.17, 15) is 22.8 Å². The maximum atomic E-state index is 14.7. The van der Waals surface area contributed by atoms with Gasteiger partial charge in [-0.2, -0.15) is 4.31 Å². The van der Waals surface area contributed by atoms with Gasteiger partial charge >= 0.3 is 11.9 Å². The van der Waals surface area contributed by atoms with Crippen LogP contribution in [0.25, 0.3) is 22.3 Å². The van der Waals surface area contributed by atoms with Crippen LogP contribution in [0.4, 0.5) is 5.69 Å². The molecule has 0 unspecified atom stereocenters. The first-order valence-corrected chi connectivity index (χ1v) is 21.7. The Morgan fingerprint density at radius 3 is 1.89 bits per heavy atom. The smallest absolute Gasteiger partial charge is 0.342 e. The van der Waals surface area contributed by atoms with Gasteiger partial charge in [-0.3, -0.25) is 4.79 Å². The minimum absolute atomic E-state index is 0.00942. The Balaban J connectivity index is 1.29. The predicted molar refractivity (Wildman–Crippen MR) is 244 cm³/mol. The minimum atomic E-state index is -4.06. The van der Waals surface area contributed by atoms with Gasteiger partial charge in [0.25, 0.3) is 0 Å². The third kappa shape index (κ3) is 10.8. The van der Waals surface area contributed by atoms with Crippen molar-refractivity contribution < 1.29 is 37.0 Å². The summed E-state index contributed by atoms with van der Waals surface area (Å²) < 4.78 is 45.6. The Hall–Kier alpha value is -7.34. The highest BCUT2D eigenvalue weighted by atomic mass is 32.2. The molecule has 7 rings (SSSR count). The molecule has 0 saturated carbocycles. The van der Waals surface area contributed by atoms with Gasteiger partial charge < -0.3 is 19.1 Å². The number of ether oxygens (including phenoxy) is 3. The standard InChI is InChI=1S/C52H46N2O8S/c1-37-22-26-45(27-23-37)63(58,59)53(2)34-50(55)54(33-40-24-28-46(48(30-40)41-18-11-6-12-19-41)42-20-13-21-43(31-42)51(56)60-3)44-25-29-47(52(57)62-36-39-16-9-5-10-17-39)49(32-44)61-35-38-14-7-4-8-15-38/h4-32H,33-36H2,1-3H3. The van der Waals surface area contributed by atoms with Crippen molar-refractivity contribution in [3.63, 3.8) is 0 Å². The summed E-state index contributed by atoms with van der Waals surface area (Å²) in [5.41, 5.74) is 7.56. The Kier molecular flexibility index (Phi) is 13.9. The first-order valence-electron chi connectivity index (χ1n) is 20.2. The SMILES string of the molecule is COC(=O)c1cccc(-c2ccc(CN(C(=O)CN(C)S(=O)(=O)c3ccc(C)cc3)c3ccc(C(=O)OCc4ccccc4)c(OCc4ccccc4)c3)cc2-c2ccccc2)c1. The van der Waals surface area contributed by atoms with Gasteiger partial charge in [0.1, 0.15) is 24.5 Å². The van der Waals surface area contributed by atoms with E-state index < -0.39 is 34.4 Å². The van der Waals surface area contributed by atoms with E-state index in [2.05, 4.69) is 0 Å². The van der Waals surface area contributed by atoms with Crippen LogP contribution in [-0.2, 0) is 44.1 Å². The van der Waals surface area contributed by atoms with Gasteiger partial charge in [0, 0.05) is 18.8 Å². The number of nitrogens with zero attached hydrogens (tertiary/aromatic N) is 2. The van der Waals surface area contributed by atoms with Crippen LogP contribution in [0.2, 0.25) is 0 Å². The average Bonchev–Trinajstić information content (AvgIpc) is 3.32. The van der Waals surface area contributed by atoms with E-state index in [1.54, 1.807) is 48.5 Å². The summed E-state index contributed by atoms with van der Waals surface area (Å²) in [6.45, 7) is 1.53. The number of anilines is 1. The lowest BCUT2D eigenvalue weighted by Gasteiger charge is -2.27. The number of benzene rings is 7. The van der Waals surface area contributed by atoms with Crippen LogP contribution in [-0.4, -0.2) is 51.3 Å². The van der Waals surface area contributed by atoms with Gasteiger partial charge in [-0.15, -0.1) is 0 Å². The summed E-state index contributed by atoms with van der Waals surface area (Å²) in [6.07, 6.45) is 0. The molecule has 7 aromatic rings. The molecule has 0 aliphatic carbocycles. The zero-order valence-corrected chi connectivity index (χ0v) is 36.0. The van der Waals surface area contributed by atoms with Crippen molar-refractivity contribution in [2.75, 3.05) is 25.6 Å². The Morgan fingerprint density at radius 2 is 1.22 bits per heavy atom. The van der Waals surface area contributed by atoms with Crippen LogP contribution < -0.4 is 9.64 Å². The van der Waals surface area contributed by atoms with E-state index in [1.165, 1.54) is 31.2 Å². The molecule has 7 aromatic carbocycles. The van der Waals surface area contributed by atoms with Gasteiger partial charge in [-0.05, 0) is 88.3 Å². The first-order chi connectivity index (χ1) is 30.5. The van der Waals surface area contributed by atoms with Crippen molar-refractivity contribution in [2.24, 2.45) is 0 Å². The summed E-state index contributed by atoms with van der Waals surface area (Å²) >= 11 is 0. The lowest BCUT2D eigenvalue weighted by atomic mass is 9.92. The van der Waals surface area contributed by atoms with Crippen LogP contribution >= 0.6 is 0 Å². The maximum Gasteiger partial charge on any atom is 0.342 e. The highest BCUT2D eigenvalue weighted by Crippen LogP contribution is 2.35. The van der Waals surface area contributed by atoms with Crippen molar-refractivity contribution in [3.8, 4) is 28.0 Å². The number of hydrogen-bond acceptors (Lipinski definition) is 8. The predicted octanol–water partition coefficient (Wildman–Crippen LogP) is 9.91. The lowest BCUT2D eigenvalue weighted by Crippen LogP contribution is -2.41. The number of carbonyl (C=O) groups is 3. The normalized spacial score (nSPS) is 11.2. The van der Waals surface area contributed by atoms with Crippen LogP contribution in [0.3, 0.4) is 0 Å². The number of amides is 1. The zero-order chi connectivity index (χ0) is 44.3. The maximum absolute atomic E-state index is 14.7. The van der Waals surface area contributed by atoms with Crippen LogP contribution in [0.1, 0.15) is 43.0 Å². The number of hydrogen-bond donors (Lipinski definition) is 0. The summed E-state index contributed by atoms with van der Waals surface area (Å²) in [4.78, 5) is 42.4. The lowest BCUT2D eigenvalue weighted by molar-refractivity contribution is -0.118. The number of esters is 2. The first kappa shape index (κ1) is 43.7. The summed E-state index contributed by atoms with van der Waals surface area (Å²) in [6, 6.07) is 52.8. The van der Waals surface area contributed by atoms with Crippen molar-refractivity contribution in [3.05, 3.63) is 209 Å². The molecule has 0 radical (unpaired) electrons. The highest BCUT2D eigenvalue weighted by molar-refractivity contribution is 7.89. The average molecular weight is 859 g/mol. The molecule has 0 saturated heterocycles. The molecule has 0 aliphatic rings. The Labute approximate surface area is 368 Å². The number of likely N-dealkylation sites (N-methyl/N-ethyl adjacent to an activating group) is 1. The monoisotopic (exact) mass is 858 g/mol. The number of carbonyl (C=O) groups excluding carboxylic acids is 3. The molecule has 1 amide bonds. The minimum Gasteiger partial charge on any atom is -0.488 e. The van der Waals surface area contributed by atoms with Crippen molar-refractivity contribution >= 4 is 33.6 Å². The molecule has 318 valence electrons.